The Balaban J connectivity index is 1.63. The summed E-state index contributed by atoms with van der Waals surface area (Å²) in [6.07, 6.45) is 0.695. The van der Waals surface area contributed by atoms with Gasteiger partial charge in [0.05, 0.1) is 25.9 Å². The fourth-order valence-electron chi connectivity index (χ4n) is 2.96. The average molecular weight is 454 g/mol. The molecule has 3 rings (SSSR count). The first-order valence-corrected chi connectivity index (χ1v) is 10.5. The first-order valence-electron chi connectivity index (χ1n) is 10.1. The van der Waals surface area contributed by atoms with Gasteiger partial charge in [0.2, 0.25) is 0 Å². The third-order valence-electron chi connectivity index (χ3n) is 4.63. The molecule has 0 heterocycles. The van der Waals surface area contributed by atoms with Gasteiger partial charge >= 0.3 is 5.97 Å². The van der Waals surface area contributed by atoms with Gasteiger partial charge in [0, 0.05) is 5.02 Å². The highest BCUT2D eigenvalue weighted by Gasteiger charge is 2.24. The van der Waals surface area contributed by atoms with Gasteiger partial charge in [0.25, 0.3) is 5.91 Å². The maximum absolute atomic E-state index is 12.9. The lowest BCUT2D eigenvalue weighted by atomic mass is 10.1. The molecule has 1 amide bonds. The molecule has 3 aromatic carbocycles. The molecule has 166 valence electrons. The number of nitrogens with one attached hydrogen (secondary N) is 1. The SMILES string of the molecule is COC(=O)[C@@H](COCCc1ccccc1)NC(=O)c1ccccc1Oc1ccc(Cl)cc1. The first kappa shape index (κ1) is 23.3. The average Bonchev–Trinajstić information content (AvgIpc) is 2.83. The van der Waals surface area contributed by atoms with Crippen LogP contribution in [0.3, 0.4) is 0 Å². The maximum atomic E-state index is 12.9. The number of halogens is 1. The van der Waals surface area contributed by atoms with Gasteiger partial charge in [-0.15, -0.1) is 0 Å². The molecule has 32 heavy (non-hydrogen) atoms. The quantitative estimate of drug-likeness (QED) is 0.357. The Morgan fingerprint density at radius 1 is 0.938 bits per heavy atom. The van der Waals surface area contributed by atoms with Crippen molar-refractivity contribution in [1.82, 2.24) is 5.32 Å². The topological polar surface area (TPSA) is 73.9 Å². The second kappa shape index (κ2) is 11.9. The molecule has 0 aromatic heterocycles. The Morgan fingerprint density at radius 3 is 2.34 bits per heavy atom. The van der Waals surface area contributed by atoms with Gasteiger partial charge < -0.3 is 19.5 Å². The number of amides is 1. The molecule has 0 fully saturated rings. The summed E-state index contributed by atoms with van der Waals surface area (Å²) in [5, 5.41) is 3.26. The largest absolute Gasteiger partial charge is 0.467 e. The number of esters is 1. The van der Waals surface area contributed by atoms with Gasteiger partial charge in [-0.3, -0.25) is 4.79 Å². The number of hydrogen-bond donors (Lipinski definition) is 1. The minimum absolute atomic E-state index is 0.00848. The highest BCUT2D eigenvalue weighted by Crippen LogP contribution is 2.26. The molecule has 3 aromatic rings. The molecule has 1 N–H and O–H groups in total. The number of carbonyl (C=O) groups is 2. The highest BCUT2D eigenvalue weighted by atomic mass is 35.5. The molecule has 0 aliphatic carbocycles. The summed E-state index contributed by atoms with van der Waals surface area (Å²) in [4.78, 5) is 25.1. The number of rotatable bonds is 10. The molecule has 0 aliphatic heterocycles. The summed E-state index contributed by atoms with van der Waals surface area (Å²) in [7, 11) is 1.27. The molecule has 0 radical (unpaired) electrons. The lowest BCUT2D eigenvalue weighted by Crippen LogP contribution is -2.44. The zero-order valence-corrected chi connectivity index (χ0v) is 18.4. The molecular formula is C25H24ClNO5. The van der Waals surface area contributed by atoms with Gasteiger partial charge in [-0.05, 0) is 48.4 Å². The molecule has 7 heteroatoms. The Kier molecular flexibility index (Phi) is 8.66. The third-order valence-corrected chi connectivity index (χ3v) is 4.88. The smallest absolute Gasteiger partial charge is 0.330 e. The summed E-state index contributed by atoms with van der Waals surface area (Å²) in [5.41, 5.74) is 1.40. The van der Waals surface area contributed by atoms with Crippen LogP contribution in [-0.2, 0) is 20.7 Å². The molecule has 1 atom stereocenters. The maximum Gasteiger partial charge on any atom is 0.330 e. The van der Waals surface area contributed by atoms with Crippen molar-refractivity contribution in [2.24, 2.45) is 0 Å². The summed E-state index contributed by atoms with van der Waals surface area (Å²) in [6, 6.07) is 22.5. The van der Waals surface area contributed by atoms with E-state index in [0.717, 1.165) is 5.56 Å². The third kappa shape index (κ3) is 6.83. The van der Waals surface area contributed by atoms with Crippen molar-refractivity contribution in [3.8, 4) is 11.5 Å². The standard InChI is InChI=1S/C25H24ClNO5/c1-30-25(29)22(17-31-16-15-18-7-3-2-4-8-18)27-24(28)21-9-5-6-10-23(21)32-20-13-11-19(26)12-14-20/h2-14,22H,15-17H2,1H3,(H,27,28)/t22-/m1/s1. The van der Waals surface area contributed by atoms with Crippen LogP contribution in [-0.4, -0.2) is 38.2 Å². The lowest BCUT2D eigenvalue weighted by Gasteiger charge is -2.18. The van der Waals surface area contributed by atoms with E-state index in [1.54, 1.807) is 48.5 Å². The number of carbonyl (C=O) groups excluding carboxylic acids is 2. The van der Waals surface area contributed by atoms with Gasteiger partial charge in [0.1, 0.15) is 11.5 Å². The normalized spacial score (nSPS) is 11.4. The van der Waals surface area contributed by atoms with Crippen molar-refractivity contribution in [3.63, 3.8) is 0 Å². The number of ether oxygens (including phenoxy) is 3. The van der Waals surface area contributed by atoms with Crippen molar-refractivity contribution in [2.75, 3.05) is 20.3 Å². The molecule has 6 nitrogen and oxygen atoms in total. The summed E-state index contributed by atoms with van der Waals surface area (Å²) >= 11 is 5.91. The van der Waals surface area contributed by atoms with Crippen LogP contribution in [0, 0.1) is 0 Å². The van der Waals surface area contributed by atoms with E-state index in [0.29, 0.717) is 29.5 Å². The van der Waals surface area contributed by atoms with Gasteiger partial charge in [-0.25, -0.2) is 4.79 Å². The minimum atomic E-state index is -0.952. The molecule has 0 bridgehead atoms. The highest BCUT2D eigenvalue weighted by molar-refractivity contribution is 6.30. The van der Waals surface area contributed by atoms with E-state index < -0.39 is 17.9 Å². The van der Waals surface area contributed by atoms with Crippen molar-refractivity contribution in [1.29, 1.82) is 0 Å². The van der Waals surface area contributed by atoms with Crippen LogP contribution in [0.2, 0.25) is 5.02 Å². The van der Waals surface area contributed by atoms with Crippen LogP contribution in [0.15, 0.2) is 78.9 Å². The van der Waals surface area contributed by atoms with E-state index in [1.807, 2.05) is 30.3 Å². The summed E-state index contributed by atoms with van der Waals surface area (Å²) in [5.74, 6) is -0.185. The number of hydrogen-bond acceptors (Lipinski definition) is 5. The molecule has 0 saturated carbocycles. The van der Waals surface area contributed by atoms with Crippen LogP contribution < -0.4 is 10.1 Å². The van der Waals surface area contributed by atoms with E-state index in [2.05, 4.69) is 5.32 Å². The van der Waals surface area contributed by atoms with E-state index in [4.69, 9.17) is 25.8 Å². The van der Waals surface area contributed by atoms with E-state index in [-0.39, 0.29) is 12.2 Å². The Morgan fingerprint density at radius 2 is 1.62 bits per heavy atom. The van der Waals surface area contributed by atoms with Crippen molar-refractivity contribution in [3.05, 3.63) is 95.0 Å². The second-order valence-corrected chi connectivity index (χ2v) is 7.35. The van der Waals surface area contributed by atoms with Crippen molar-refractivity contribution >= 4 is 23.5 Å². The first-order chi connectivity index (χ1) is 15.6. The summed E-state index contributed by atoms with van der Waals surface area (Å²) < 4.78 is 16.3. The van der Waals surface area contributed by atoms with Gasteiger partial charge in [0.15, 0.2) is 6.04 Å². The van der Waals surface area contributed by atoms with E-state index >= 15 is 0 Å². The monoisotopic (exact) mass is 453 g/mol. The predicted octanol–water partition coefficient (Wildman–Crippen LogP) is 4.66. The number of benzene rings is 3. The van der Waals surface area contributed by atoms with Crippen LogP contribution in [0.25, 0.3) is 0 Å². The Labute approximate surface area is 192 Å². The molecular weight excluding hydrogens is 430 g/mol. The van der Waals surface area contributed by atoms with E-state index in [9.17, 15) is 9.59 Å². The Bertz CT molecular complexity index is 1020. The van der Waals surface area contributed by atoms with Gasteiger partial charge in [-0.2, -0.15) is 0 Å². The molecule has 0 saturated heterocycles. The Hall–Kier alpha value is -3.35. The zero-order chi connectivity index (χ0) is 22.8. The fourth-order valence-corrected chi connectivity index (χ4v) is 3.08. The summed E-state index contributed by atoms with van der Waals surface area (Å²) in [6.45, 7) is 0.398. The van der Waals surface area contributed by atoms with Crippen LogP contribution >= 0.6 is 11.6 Å². The fraction of sp³-hybridized carbons (Fsp3) is 0.200. The van der Waals surface area contributed by atoms with E-state index in [1.165, 1.54) is 7.11 Å². The number of para-hydroxylation sites is 1. The van der Waals surface area contributed by atoms with Crippen LogP contribution in [0.1, 0.15) is 15.9 Å². The zero-order valence-electron chi connectivity index (χ0n) is 17.6. The van der Waals surface area contributed by atoms with Crippen LogP contribution in [0.5, 0.6) is 11.5 Å². The van der Waals surface area contributed by atoms with Crippen LogP contribution in [0.4, 0.5) is 0 Å². The predicted molar refractivity (Wildman–Crippen MR) is 122 cm³/mol. The molecule has 0 aliphatic rings. The van der Waals surface area contributed by atoms with Gasteiger partial charge in [-0.1, -0.05) is 54.1 Å². The molecule has 0 spiro atoms. The van der Waals surface area contributed by atoms with Crippen molar-refractivity contribution < 1.29 is 23.8 Å². The number of methoxy groups -OCH3 is 1. The molecule has 0 unspecified atom stereocenters. The van der Waals surface area contributed by atoms with Crippen molar-refractivity contribution in [2.45, 2.75) is 12.5 Å². The second-order valence-electron chi connectivity index (χ2n) is 6.91. The lowest BCUT2D eigenvalue weighted by molar-refractivity contribution is -0.144. The minimum Gasteiger partial charge on any atom is -0.467 e.